The van der Waals surface area contributed by atoms with Gasteiger partial charge >= 0.3 is 0 Å². The highest BCUT2D eigenvalue weighted by molar-refractivity contribution is 5.78. The number of ether oxygens (including phenoxy) is 4. The monoisotopic (exact) mass is 426 g/mol. The predicted molar refractivity (Wildman–Crippen MR) is 117 cm³/mol. The van der Waals surface area contributed by atoms with Gasteiger partial charge in [-0.2, -0.15) is 0 Å². The molecule has 0 bridgehead atoms. The van der Waals surface area contributed by atoms with Gasteiger partial charge in [0.15, 0.2) is 11.5 Å². The number of carbonyl (C=O) groups is 1. The Labute approximate surface area is 183 Å². The highest BCUT2D eigenvalue weighted by Crippen LogP contribution is 2.37. The smallest absolute Gasteiger partial charge is 0.234 e. The van der Waals surface area contributed by atoms with E-state index in [1.165, 1.54) is 5.56 Å². The molecule has 0 aromatic heterocycles. The molecule has 1 amide bonds. The summed E-state index contributed by atoms with van der Waals surface area (Å²) in [7, 11) is 0. The van der Waals surface area contributed by atoms with Gasteiger partial charge in [0.05, 0.1) is 19.7 Å². The zero-order valence-corrected chi connectivity index (χ0v) is 18.0. The summed E-state index contributed by atoms with van der Waals surface area (Å²) in [5.41, 5.74) is 1.17. The Morgan fingerprint density at radius 2 is 1.81 bits per heavy atom. The average Bonchev–Trinajstić information content (AvgIpc) is 3.25. The van der Waals surface area contributed by atoms with E-state index < -0.39 is 0 Å². The molecular weight excluding hydrogens is 396 g/mol. The van der Waals surface area contributed by atoms with Crippen molar-refractivity contribution < 1.29 is 23.7 Å². The van der Waals surface area contributed by atoms with Crippen molar-refractivity contribution in [2.24, 2.45) is 0 Å². The lowest BCUT2D eigenvalue weighted by Crippen LogP contribution is -2.38. The normalized spacial score (nSPS) is 17.9. The maximum Gasteiger partial charge on any atom is 0.234 e. The molecule has 1 atom stereocenters. The van der Waals surface area contributed by atoms with E-state index in [2.05, 4.69) is 22.3 Å². The molecule has 1 N–H and O–H groups in total. The lowest BCUT2D eigenvalue weighted by molar-refractivity contribution is -0.122. The van der Waals surface area contributed by atoms with Crippen LogP contribution in [0.15, 0.2) is 42.5 Å². The second-order valence-corrected chi connectivity index (χ2v) is 7.63. The summed E-state index contributed by atoms with van der Waals surface area (Å²) in [4.78, 5) is 14.7. The SMILES string of the molecule is CCOc1ccc(OCCNC(=O)CN2CCC[C@H]2c2ccc3c(c2)OCCO3)cc1. The van der Waals surface area contributed by atoms with E-state index in [0.29, 0.717) is 39.5 Å². The van der Waals surface area contributed by atoms with Crippen LogP contribution in [0.3, 0.4) is 0 Å². The molecule has 0 radical (unpaired) electrons. The Balaban J connectivity index is 1.22. The van der Waals surface area contributed by atoms with E-state index in [1.807, 2.05) is 37.3 Å². The third-order valence-corrected chi connectivity index (χ3v) is 5.49. The molecule has 7 heteroatoms. The molecule has 31 heavy (non-hydrogen) atoms. The van der Waals surface area contributed by atoms with Gasteiger partial charge in [-0.15, -0.1) is 0 Å². The molecule has 1 saturated heterocycles. The molecule has 2 aromatic carbocycles. The number of rotatable bonds is 9. The van der Waals surface area contributed by atoms with E-state index in [4.69, 9.17) is 18.9 Å². The van der Waals surface area contributed by atoms with Crippen LogP contribution in [0.4, 0.5) is 0 Å². The van der Waals surface area contributed by atoms with Gasteiger partial charge in [-0.05, 0) is 68.3 Å². The predicted octanol–water partition coefficient (Wildman–Crippen LogP) is 3.19. The number of nitrogens with zero attached hydrogens (tertiary/aromatic N) is 1. The van der Waals surface area contributed by atoms with Crippen LogP contribution in [-0.2, 0) is 4.79 Å². The van der Waals surface area contributed by atoms with Gasteiger partial charge in [0.2, 0.25) is 5.91 Å². The summed E-state index contributed by atoms with van der Waals surface area (Å²) in [6.45, 7) is 5.93. The van der Waals surface area contributed by atoms with E-state index >= 15 is 0 Å². The van der Waals surface area contributed by atoms with Crippen LogP contribution in [-0.4, -0.2) is 56.9 Å². The fourth-order valence-electron chi connectivity index (χ4n) is 4.06. The van der Waals surface area contributed by atoms with Gasteiger partial charge < -0.3 is 24.3 Å². The minimum atomic E-state index is 0.0136. The molecule has 2 aromatic rings. The van der Waals surface area contributed by atoms with Crippen molar-refractivity contribution in [3.8, 4) is 23.0 Å². The topological polar surface area (TPSA) is 69.3 Å². The molecule has 0 unspecified atom stereocenters. The lowest BCUT2D eigenvalue weighted by Gasteiger charge is -2.26. The molecule has 0 aliphatic carbocycles. The number of hydrogen-bond acceptors (Lipinski definition) is 6. The van der Waals surface area contributed by atoms with Crippen molar-refractivity contribution in [1.29, 1.82) is 0 Å². The Hall–Kier alpha value is -2.93. The third-order valence-electron chi connectivity index (χ3n) is 5.49. The summed E-state index contributed by atoms with van der Waals surface area (Å²) in [5.74, 6) is 3.19. The second kappa shape index (κ2) is 10.4. The highest BCUT2D eigenvalue weighted by atomic mass is 16.6. The van der Waals surface area contributed by atoms with Gasteiger partial charge in [-0.1, -0.05) is 6.07 Å². The summed E-state index contributed by atoms with van der Waals surface area (Å²) in [6.07, 6.45) is 2.11. The first kappa shape index (κ1) is 21.3. The summed E-state index contributed by atoms with van der Waals surface area (Å²) >= 11 is 0. The first-order chi connectivity index (χ1) is 15.2. The van der Waals surface area contributed by atoms with Crippen molar-refractivity contribution in [3.63, 3.8) is 0 Å². The Morgan fingerprint density at radius 1 is 1.06 bits per heavy atom. The van der Waals surface area contributed by atoms with E-state index in [-0.39, 0.29) is 11.9 Å². The molecule has 2 heterocycles. The quantitative estimate of drug-likeness (QED) is 0.621. The largest absolute Gasteiger partial charge is 0.494 e. The second-order valence-electron chi connectivity index (χ2n) is 7.63. The minimum Gasteiger partial charge on any atom is -0.494 e. The van der Waals surface area contributed by atoms with Crippen LogP contribution in [0.25, 0.3) is 0 Å². The maximum absolute atomic E-state index is 12.5. The number of amides is 1. The van der Waals surface area contributed by atoms with E-state index in [0.717, 1.165) is 42.4 Å². The van der Waals surface area contributed by atoms with Crippen LogP contribution in [0.1, 0.15) is 31.4 Å². The van der Waals surface area contributed by atoms with Gasteiger partial charge in [0.25, 0.3) is 0 Å². The molecule has 1 fully saturated rings. The molecule has 0 saturated carbocycles. The molecule has 4 rings (SSSR count). The van der Waals surface area contributed by atoms with E-state index in [1.54, 1.807) is 0 Å². The molecule has 0 spiro atoms. The minimum absolute atomic E-state index is 0.0136. The van der Waals surface area contributed by atoms with Crippen molar-refractivity contribution in [3.05, 3.63) is 48.0 Å². The average molecular weight is 427 g/mol. The number of carbonyl (C=O) groups excluding carboxylic acids is 1. The van der Waals surface area contributed by atoms with Crippen LogP contribution in [0.5, 0.6) is 23.0 Å². The Morgan fingerprint density at radius 3 is 2.58 bits per heavy atom. The summed E-state index contributed by atoms with van der Waals surface area (Å²) in [6, 6.07) is 13.8. The van der Waals surface area contributed by atoms with Crippen LogP contribution in [0.2, 0.25) is 0 Å². The Kier molecular flexibility index (Phi) is 7.14. The molecule has 2 aliphatic heterocycles. The van der Waals surface area contributed by atoms with Crippen molar-refractivity contribution in [1.82, 2.24) is 10.2 Å². The van der Waals surface area contributed by atoms with Crippen LogP contribution in [0, 0.1) is 0 Å². The summed E-state index contributed by atoms with van der Waals surface area (Å²) in [5, 5.41) is 2.96. The fraction of sp³-hybridized carbons (Fsp3) is 0.458. The highest BCUT2D eigenvalue weighted by Gasteiger charge is 2.28. The van der Waals surface area contributed by atoms with Crippen molar-refractivity contribution in [2.45, 2.75) is 25.8 Å². The number of benzene rings is 2. The van der Waals surface area contributed by atoms with Gasteiger partial charge in [-0.25, -0.2) is 0 Å². The van der Waals surface area contributed by atoms with Crippen LogP contribution < -0.4 is 24.3 Å². The first-order valence-corrected chi connectivity index (χ1v) is 11.0. The molecular formula is C24H30N2O5. The number of likely N-dealkylation sites (tertiary alicyclic amines) is 1. The van der Waals surface area contributed by atoms with Gasteiger partial charge in [0.1, 0.15) is 31.3 Å². The summed E-state index contributed by atoms with van der Waals surface area (Å²) < 4.78 is 22.4. The van der Waals surface area contributed by atoms with Gasteiger partial charge in [-0.3, -0.25) is 9.69 Å². The zero-order valence-electron chi connectivity index (χ0n) is 18.0. The number of nitrogens with one attached hydrogen (secondary N) is 1. The van der Waals surface area contributed by atoms with E-state index in [9.17, 15) is 4.79 Å². The van der Waals surface area contributed by atoms with Crippen molar-refractivity contribution in [2.75, 3.05) is 46.1 Å². The molecule has 7 nitrogen and oxygen atoms in total. The number of fused-ring (bicyclic) bond motifs is 1. The van der Waals surface area contributed by atoms with Crippen molar-refractivity contribution >= 4 is 5.91 Å². The fourth-order valence-corrected chi connectivity index (χ4v) is 4.06. The number of hydrogen-bond donors (Lipinski definition) is 1. The molecule has 2 aliphatic rings. The standard InChI is InChI=1S/C24H30N2O5/c1-2-28-19-6-8-20(9-7-19)29-13-11-25-24(27)17-26-12-3-4-21(26)18-5-10-22-23(16-18)31-15-14-30-22/h5-10,16,21H,2-4,11-15,17H2,1H3,(H,25,27)/t21-/m0/s1. The van der Waals surface area contributed by atoms with Crippen LogP contribution >= 0.6 is 0 Å². The third kappa shape index (κ3) is 5.61. The maximum atomic E-state index is 12.5. The first-order valence-electron chi connectivity index (χ1n) is 11.0. The van der Waals surface area contributed by atoms with Gasteiger partial charge in [0, 0.05) is 6.04 Å². The zero-order chi connectivity index (χ0) is 21.5. The molecule has 166 valence electrons. The lowest BCUT2D eigenvalue weighted by atomic mass is 10.0. The Bertz CT molecular complexity index is 871.